The molecule has 0 spiro atoms. The van der Waals surface area contributed by atoms with Gasteiger partial charge in [-0.1, -0.05) is 162 Å². The van der Waals surface area contributed by atoms with Gasteiger partial charge in [0.2, 0.25) is 0 Å². The summed E-state index contributed by atoms with van der Waals surface area (Å²) in [5, 5.41) is 13.3. The van der Waals surface area contributed by atoms with E-state index in [1.54, 1.807) is 0 Å². The number of hydrogen-bond acceptors (Lipinski definition) is 2. The van der Waals surface area contributed by atoms with Crippen LogP contribution in [0.4, 0.5) is 0 Å². The largest absolute Gasteiger partial charge is 0.785 e. The minimum atomic E-state index is 0.759. The second-order valence-electron chi connectivity index (χ2n) is 10.1. The average Bonchev–Trinajstić information content (AvgIpc) is 2.77. The van der Waals surface area contributed by atoms with E-state index in [1.165, 1.54) is 153 Å². The van der Waals surface area contributed by atoms with Crippen LogP contribution in [0.1, 0.15) is 174 Å². The fourth-order valence-electron chi connectivity index (χ4n) is 4.55. The van der Waals surface area contributed by atoms with Crippen LogP contribution in [0.5, 0.6) is 0 Å². The van der Waals surface area contributed by atoms with Crippen molar-refractivity contribution >= 4 is 0 Å². The maximum absolute atomic E-state index is 11.9. The maximum Gasteiger partial charge on any atom is -0.0145 e. The molecule has 0 unspecified atom stereocenters. The Kier molecular flexibility index (Phi) is 27.9. The van der Waals surface area contributed by atoms with Gasteiger partial charge in [-0.25, -0.2) is 0 Å². The summed E-state index contributed by atoms with van der Waals surface area (Å²) in [6.45, 7) is 6.09. The molecule has 31 heavy (non-hydrogen) atoms. The molecule has 0 bridgehead atoms. The van der Waals surface area contributed by atoms with Crippen LogP contribution < -0.4 is 0 Å². The molecule has 0 amide bonds. The molecule has 0 fully saturated rings. The summed E-state index contributed by atoms with van der Waals surface area (Å²) in [4.78, 5) is 0. The molecule has 0 atom stereocenters. The van der Waals surface area contributed by atoms with E-state index in [0.717, 1.165) is 25.9 Å². The number of unbranched alkanes of at least 4 members (excludes halogenated alkanes) is 23. The Morgan fingerprint density at radius 2 is 0.516 bits per heavy atom. The van der Waals surface area contributed by atoms with E-state index in [0.29, 0.717) is 0 Å². The minimum absolute atomic E-state index is 0.759. The van der Waals surface area contributed by atoms with Crippen LogP contribution in [-0.4, -0.2) is 18.2 Å². The van der Waals surface area contributed by atoms with Gasteiger partial charge >= 0.3 is 0 Å². The van der Waals surface area contributed by atoms with E-state index < -0.39 is 0 Å². The third-order valence-corrected chi connectivity index (χ3v) is 6.77. The van der Waals surface area contributed by atoms with Crippen molar-refractivity contribution in [1.29, 1.82) is 0 Å². The highest BCUT2D eigenvalue weighted by Gasteiger charge is 1.97. The zero-order valence-corrected chi connectivity index (χ0v) is 21.9. The molecule has 0 aliphatic rings. The van der Waals surface area contributed by atoms with Crippen LogP contribution in [0.3, 0.4) is 0 Å². The van der Waals surface area contributed by atoms with E-state index >= 15 is 0 Å². The molecule has 0 aromatic heterocycles. The van der Waals surface area contributed by atoms with E-state index in [-0.39, 0.29) is 0 Å². The van der Waals surface area contributed by atoms with Gasteiger partial charge in [-0.2, -0.15) is 0 Å². The Hall–Kier alpha value is -0.0800. The first-order valence-electron chi connectivity index (χ1n) is 14.7. The van der Waals surface area contributed by atoms with Crippen molar-refractivity contribution in [3.63, 3.8) is 0 Å². The van der Waals surface area contributed by atoms with Crippen LogP contribution in [0.15, 0.2) is 0 Å². The molecule has 0 aromatic rings. The van der Waals surface area contributed by atoms with E-state index in [2.05, 4.69) is 13.8 Å². The number of rotatable bonds is 27. The Morgan fingerprint density at radius 1 is 0.323 bits per heavy atom. The Bertz CT molecular complexity index is 307. The first kappa shape index (κ1) is 30.9. The number of hydroxylamine groups is 2. The second-order valence-corrected chi connectivity index (χ2v) is 10.1. The summed E-state index contributed by atoms with van der Waals surface area (Å²) in [5.41, 5.74) is 0. The van der Waals surface area contributed by atoms with Crippen LogP contribution >= 0.6 is 0 Å². The molecule has 0 rings (SSSR count). The van der Waals surface area contributed by atoms with Gasteiger partial charge in [0.15, 0.2) is 0 Å². The third kappa shape index (κ3) is 27.9. The third-order valence-electron chi connectivity index (χ3n) is 6.77. The molecule has 0 radical (unpaired) electrons. The monoisotopic (exact) mass is 438 g/mol. The lowest BCUT2D eigenvalue weighted by atomic mass is 10.0. The molecule has 2 nitrogen and oxygen atoms in total. The standard InChI is InChI=1S/C29H60NO/c1-3-5-7-9-11-13-15-16-17-18-19-21-23-25-27-29-30(31)28-26-24-22-20-14-12-10-8-6-4-2/h3-29H2,1-2H3/q-1. The maximum atomic E-state index is 11.9. The van der Waals surface area contributed by atoms with Crippen LogP contribution in [0.25, 0.3) is 0 Å². The molecule has 2 heteroatoms. The summed E-state index contributed by atoms with van der Waals surface area (Å²) in [6.07, 6.45) is 34.2. The van der Waals surface area contributed by atoms with E-state index in [1.807, 2.05) is 0 Å². The molecule has 0 N–H and O–H groups in total. The summed E-state index contributed by atoms with van der Waals surface area (Å²) in [7, 11) is 0. The number of hydrogen-bond donors (Lipinski definition) is 0. The lowest BCUT2D eigenvalue weighted by molar-refractivity contribution is 0.350. The van der Waals surface area contributed by atoms with Gasteiger partial charge in [0, 0.05) is 0 Å². The molecule has 0 aliphatic heterocycles. The van der Waals surface area contributed by atoms with Crippen molar-refractivity contribution in [2.24, 2.45) is 0 Å². The van der Waals surface area contributed by atoms with Gasteiger partial charge in [-0.05, 0) is 25.9 Å². The average molecular weight is 439 g/mol. The van der Waals surface area contributed by atoms with E-state index in [4.69, 9.17) is 0 Å². The summed E-state index contributed by atoms with van der Waals surface area (Å²) >= 11 is 0. The predicted octanol–water partition coefficient (Wildman–Crippen LogP) is 10.6. The summed E-state index contributed by atoms with van der Waals surface area (Å²) in [5.74, 6) is 0. The van der Waals surface area contributed by atoms with Crippen molar-refractivity contribution in [3.05, 3.63) is 5.21 Å². The van der Waals surface area contributed by atoms with Crippen molar-refractivity contribution < 1.29 is 0 Å². The highest BCUT2D eigenvalue weighted by molar-refractivity contribution is 4.59. The van der Waals surface area contributed by atoms with Crippen LogP contribution in [0, 0.1) is 5.21 Å². The lowest BCUT2D eigenvalue weighted by Gasteiger charge is -2.28. The first-order valence-corrected chi connectivity index (χ1v) is 14.7. The lowest BCUT2D eigenvalue weighted by Crippen LogP contribution is -2.18. The Morgan fingerprint density at radius 3 is 0.742 bits per heavy atom. The fourth-order valence-corrected chi connectivity index (χ4v) is 4.55. The predicted molar refractivity (Wildman–Crippen MR) is 142 cm³/mol. The Balaban J connectivity index is 3.12. The van der Waals surface area contributed by atoms with Gasteiger partial charge in [-0.15, -0.1) is 0 Å². The van der Waals surface area contributed by atoms with Gasteiger partial charge in [0.1, 0.15) is 0 Å². The fraction of sp³-hybridized carbons (Fsp3) is 1.00. The molecule has 188 valence electrons. The topological polar surface area (TPSA) is 26.3 Å². The molecule has 0 aromatic carbocycles. The minimum Gasteiger partial charge on any atom is -0.785 e. The van der Waals surface area contributed by atoms with Crippen molar-refractivity contribution in [2.45, 2.75) is 174 Å². The van der Waals surface area contributed by atoms with E-state index in [9.17, 15) is 5.21 Å². The smallest absolute Gasteiger partial charge is 0.0145 e. The van der Waals surface area contributed by atoms with Crippen LogP contribution in [0.2, 0.25) is 0 Å². The molecule has 0 heterocycles. The first-order chi connectivity index (χ1) is 15.3. The van der Waals surface area contributed by atoms with Crippen molar-refractivity contribution in [2.75, 3.05) is 13.1 Å². The zero-order valence-electron chi connectivity index (χ0n) is 21.9. The summed E-state index contributed by atoms with van der Waals surface area (Å²) in [6, 6.07) is 0. The molecule has 0 aliphatic carbocycles. The Labute approximate surface area is 197 Å². The van der Waals surface area contributed by atoms with Crippen LogP contribution in [-0.2, 0) is 0 Å². The van der Waals surface area contributed by atoms with Gasteiger partial charge in [-0.3, -0.25) is 0 Å². The van der Waals surface area contributed by atoms with Gasteiger partial charge < -0.3 is 10.3 Å². The highest BCUT2D eigenvalue weighted by Crippen LogP contribution is 2.14. The molecular formula is C29H60NO-. The quantitative estimate of drug-likeness (QED) is 0.0941. The SMILES string of the molecule is CCCCCCCCCCCCCCCCCN([O-])CCCCCCCCCCCC. The normalized spacial score (nSPS) is 11.6. The van der Waals surface area contributed by atoms with Crippen molar-refractivity contribution in [1.82, 2.24) is 5.06 Å². The summed E-state index contributed by atoms with van der Waals surface area (Å²) < 4.78 is 0. The van der Waals surface area contributed by atoms with Gasteiger partial charge in [0.25, 0.3) is 0 Å². The zero-order chi connectivity index (χ0) is 22.7. The molecular weight excluding hydrogens is 378 g/mol. The highest BCUT2D eigenvalue weighted by atomic mass is 16.5. The second kappa shape index (κ2) is 28.0. The number of nitrogens with zero attached hydrogens (tertiary/aromatic N) is 1. The van der Waals surface area contributed by atoms with Gasteiger partial charge in [0.05, 0.1) is 0 Å². The molecule has 0 saturated carbocycles. The molecule has 0 saturated heterocycles. The van der Waals surface area contributed by atoms with Crippen molar-refractivity contribution in [3.8, 4) is 0 Å².